The molecule has 0 heterocycles. The quantitative estimate of drug-likeness (QED) is 0.582. The van der Waals surface area contributed by atoms with E-state index in [2.05, 4.69) is 37.9 Å². The zero-order valence-corrected chi connectivity index (χ0v) is 9.12. The zero-order chi connectivity index (χ0) is 7.40. The van der Waals surface area contributed by atoms with Gasteiger partial charge in [0.05, 0.1) is 0 Å². The summed E-state index contributed by atoms with van der Waals surface area (Å²) in [4.78, 5) is 0.577. The molecule has 0 saturated heterocycles. The van der Waals surface area contributed by atoms with E-state index in [1.54, 1.807) is 0 Å². The summed E-state index contributed by atoms with van der Waals surface area (Å²) in [6.07, 6.45) is 8.91. The Labute approximate surface area is 79.3 Å². The van der Waals surface area contributed by atoms with Crippen LogP contribution in [-0.4, -0.2) is 4.83 Å². The molecule has 1 atom stereocenters. The molecule has 0 N–H and O–H groups in total. The van der Waals surface area contributed by atoms with Crippen molar-refractivity contribution in [1.29, 1.82) is 0 Å². The third-order valence-corrected chi connectivity index (χ3v) is 4.24. The Bertz CT molecular complexity index is 129. The van der Waals surface area contributed by atoms with Gasteiger partial charge < -0.3 is 0 Å². The van der Waals surface area contributed by atoms with Crippen LogP contribution in [0.4, 0.5) is 0 Å². The largest absolute Gasteiger partial charge is 0.0833 e. The highest BCUT2D eigenvalue weighted by molar-refractivity contribution is 9.14. The number of hydrogen-bond acceptors (Lipinski definition) is 0. The van der Waals surface area contributed by atoms with Gasteiger partial charge in [0.2, 0.25) is 0 Å². The molecule has 0 aromatic carbocycles. The minimum absolute atomic E-state index is 0.577. The Balaban J connectivity index is 2.48. The number of hydrogen-bond donors (Lipinski definition) is 0. The monoisotopic (exact) mass is 266 g/mol. The number of halogens is 2. The molecule has 2 heteroatoms. The first-order valence-corrected chi connectivity index (χ1v) is 5.51. The topological polar surface area (TPSA) is 0 Å². The first-order valence-electron chi connectivity index (χ1n) is 3.80. The van der Waals surface area contributed by atoms with E-state index in [4.69, 9.17) is 0 Å². The SMILES string of the molecule is BrC1=CCCCCC[C@H]1Br. The normalized spacial score (nSPS) is 28.6. The zero-order valence-electron chi connectivity index (χ0n) is 5.95. The van der Waals surface area contributed by atoms with Crippen molar-refractivity contribution in [2.75, 3.05) is 0 Å². The van der Waals surface area contributed by atoms with Crippen molar-refractivity contribution in [2.45, 2.75) is 36.9 Å². The van der Waals surface area contributed by atoms with Crippen LogP contribution in [0.25, 0.3) is 0 Å². The average molecular weight is 268 g/mol. The van der Waals surface area contributed by atoms with Crippen molar-refractivity contribution in [2.24, 2.45) is 0 Å². The van der Waals surface area contributed by atoms with Crippen molar-refractivity contribution in [3.8, 4) is 0 Å². The molecule has 10 heavy (non-hydrogen) atoms. The molecule has 0 nitrogen and oxygen atoms in total. The molecule has 0 saturated carbocycles. The molecule has 0 aliphatic heterocycles. The number of alkyl halides is 1. The first-order chi connectivity index (χ1) is 4.80. The molecular weight excluding hydrogens is 256 g/mol. The molecule has 0 spiro atoms. The van der Waals surface area contributed by atoms with Crippen molar-refractivity contribution >= 4 is 31.9 Å². The van der Waals surface area contributed by atoms with Gasteiger partial charge in [-0.25, -0.2) is 0 Å². The van der Waals surface area contributed by atoms with Crippen LogP contribution < -0.4 is 0 Å². The highest BCUT2D eigenvalue weighted by Gasteiger charge is 2.08. The van der Waals surface area contributed by atoms with Gasteiger partial charge in [0.25, 0.3) is 0 Å². The average Bonchev–Trinajstić information content (AvgIpc) is 1.92. The van der Waals surface area contributed by atoms with Gasteiger partial charge in [-0.2, -0.15) is 0 Å². The highest BCUT2D eigenvalue weighted by atomic mass is 79.9. The highest BCUT2D eigenvalue weighted by Crippen LogP contribution is 2.27. The molecule has 0 bridgehead atoms. The van der Waals surface area contributed by atoms with Crippen LogP contribution in [0.5, 0.6) is 0 Å². The van der Waals surface area contributed by atoms with Crippen LogP contribution in [-0.2, 0) is 0 Å². The van der Waals surface area contributed by atoms with Crippen LogP contribution in [0, 0.1) is 0 Å². The predicted octanol–water partition coefficient (Wildman–Crippen LogP) is 3.99. The summed E-state index contributed by atoms with van der Waals surface area (Å²) in [5, 5.41) is 0. The van der Waals surface area contributed by atoms with E-state index >= 15 is 0 Å². The summed E-state index contributed by atoms with van der Waals surface area (Å²) in [6.45, 7) is 0. The Kier molecular flexibility index (Phi) is 4.00. The second-order valence-electron chi connectivity index (χ2n) is 2.69. The lowest BCUT2D eigenvalue weighted by atomic mass is 10.1. The second kappa shape index (κ2) is 4.55. The van der Waals surface area contributed by atoms with Crippen LogP contribution in [0.15, 0.2) is 10.6 Å². The van der Waals surface area contributed by atoms with E-state index in [9.17, 15) is 0 Å². The lowest BCUT2D eigenvalue weighted by Crippen LogP contribution is -1.99. The second-order valence-corrected chi connectivity index (χ2v) is 4.72. The maximum absolute atomic E-state index is 3.62. The van der Waals surface area contributed by atoms with Gasteiger partial charge >= 0.3 is 0 Å². The van der Waals surface area contributed by atoms with Gasteiger partial charge in [0.1, 0.15) is 0 Å². The van der Waals surface area contributed by atoms with Gasteiger partial charge in [-0.1, -0.05) is 50.8 Å². The molecule has 58 valence electrons. The Morgan fingerprint density at radius 1 is 1.30 bits per heavy atom. The third-order valence-electron chi connectivity index (χ3n) is 1.80. The lowest BCUT2D eigenvalue weighted by Gasteiger charge is -2.11. The minimum Gasteiger partial charge on any atom is -0.0833 e. The molecule has 1 aliphatic rings. The molecule has 0 amide bonds. The van der Waals surface area contributed by atoms with Crippen LogP contribution in [0.2, 0.25) is 0 Å². The Morgan fingerprint density at radius 2 is 2.10 bits per heavy atom. The van der Waals surface area contributed by atoms with Crippen molar-refractivity contribution < 1.29 is 0 Å². The molecule has 1 rings (SSSR count). The summed E-state index contributed by atoms with van der Waals surface area (Å²) in [5.41, 5.74) is 0. The molecule has 0 radical (unpaired) electrons. The molecule has 0 fully saturated rings. The fourth-order valence-corrected chi connectivity index (χ4v) is 2.12. The van der Waals surface area contributed by atoms with Gasteiger partial charge in [-0.15, -0.1) is 0 Å². The Hall–Kier alpha value is 0.700. The van der Waals surface area contributed by atoms with E-state index in [1.165, 1.54) is 36.6 Å². The van der Waals surface area contributed by atoms with Gasteiger partial charge in [0.15, 0.2) is 0 Å². The minimum atomic E-state index is 0.577. The molecule has 0 aromatic heterocycles. The van der Waals surface area contributed by atoms with Crippen LogP contribution >= 0.6 is 31.9 Å². The van der Waals surface area contributed by atoms with E-state index in [-0.39, 0.29) is 0 Å². The summed E-state index contributed by atoms with van der Waals surface area (Å²) in [5.74, 6) is 0. The molecule has 0 aromatic rings. The standard InChI is InChI=1S/C8H12Br2/c9-7-5-3-1-2-4-6-8(7)10/h5,8H,1-4,6H2/t8-/m1/s1. The summed E-state index contributed by atoms with van der Waals surface area (Å²) < 4.78 is 1.34. The first kappa shape index (κ1) is 8.79. The lowest BCUT2D eigenvalue weighted by molar-refractivity contribution is 0.644. The summed E-state index contributed by atoms with van der Waals surface area (Å²) >= 11 is 7.18. The number of allylic oxidation sites excluding steroid dienone is 2. The molecular formula is C8H12Br2. The summed E-state index contributed by atoms with van der Waals surface area (Å²) in [6, 6.07) is 0. The van der Waals surface area contributed by atoms with Crippen molar-refractivity contribution in [3.63, 3.8) is 0 Å². The fraction of sp³-hybridized carbons (Fsp3) is 0.750. The van der Waals surface area contributed by atoms with Crippen molar-refractivity contribution in [3.05, 3.63) is 10.6 Å². The van der Waals surface area contributed by atoms with Crippen LogP contribution in [0.3, 0.4) is 0 Å². The van der Waals surface area contributed by atoms with E-state index in [0.717, 1.165) is 0 Å². The van der Waals surface area contributed by atoms with E-state index in [0.29, 0.717) is 4.83 Å². The number of rotatable bonds is 0. The molecule has 1 aliphatic carbocycles. The molecule has 0 unspecified atom stereocenters. The van der Waals surface area contributed by atoms with Gasteiger partial charge in [0, 0.05) is 9.31 Å². The third kappa shape index (κ3) is 2.75. The smallest absolute Gasteiger partial charge is 0.0458 e. The van der Waals surface area contributed by atoms with E-state index < -0.39 is 0 Å². The van der Waals surface area contributed by atoms with Gasteiger partial charge in [-0.05, 0) is 19.3 Å². The summed E-state index contributed by atoms with van der Waals surface area (Å²) in [7, 11) is 0. The van der Waals surface area contributed by atoms with Crippen LogP contribution in [0.1, 0.15) is 32.1 Å². The van der Waals surface area contributed by atoms with E-state index in [1.807, 2.05) is 0 Å². The predicted molar refractivity (Wildman–Crippen MR) is 52.8 cm³/mol. The maximum Gasteiger partial charge on any atom is 0.0458 e. The maximum atomic E-state index is 3.62. The van der Waals surface area contributed by atoms with Gasteiger partial charge in [-0.3, -0.25) is 0 Å². The Morgan fingerprint density at radius 3 is 2.90 bits per heavy atom. The van der Waals surface area contributed by atoms with Crippen molar-refractivity contribution in [1.82, 2.24) is 0 Å². The fourth-order valence-electron chi connectivity index (χ4n) is 1.15.